The van der Waals surface area contributed by atoms with Crippen LogP contribution in [-0.4, -0.2) is 17.1 Å². The fourth-order valence-corrected chi connectivity index (χ4v) is 4.95. The maximum absolute atomic E-state index is 13.4. The van der Waals surface area contributed by atoms with Crippen LogP contribution in [0.15, 0.2) is 95.5 Å². The molecule has 1 aliphatic heterocycles. The number of rotatable bonds is 6. The Balaban J connectivity index is 1.68. The number of thioether (sulfide) groups is 1. The first kappa shape index (κ1) is 22.4. The summed E-state index contributed by atoms with van der Waals surface area (Å²) in [5.74, 6) is -0.670. The minimum Gasteiger partial charge on any atom is -0.321 e. The van der Waals surface area contributed by atoms with Crippen LogP contribution in [0.2, 0.25) is 0 Å². The number of nitrogens with one attached hydrogen (secondary N) is 1. The maximum atomic E-state index is 13.4. The average Bonchev–Trinajstić information content (AvgIpc) is 3.16. The predicted octanol–water partition coefficient (Wildman–Crippen LogP) is 5.31. The standard InChI is InChI=1S/C27H23N3O2S/c1-2-19-13-15-21(16-14-19)29-25(31)23(18-28)27-30(22-11-7-4-8-12-22)26(32)24(33-27)17-20-9-5-3-6-10-20/h3-16,24H,2,17H2,1H3,(H,29,31). The molecule has 1 unspecified atom stereocenters. The molecule has 0 aliphatic carbocycles. The molecule has 0 saturated carbocycles. The van der Waals surface area contributed by atoms with Gasteiger partial charge in [0.05, 0.1) is 5.25 Å². The summed E-state index contributed by atoms with van der Waals surface area (Å²) in [7, 11) is 0. The van der Waals surface area contributed by atoms with Crippen LogP contribution in [-0.2, 0) is 22.4 Å². The molecule has 164 valence electrons. The minimum absolute atomic E-state index is 0.0765. The van der Waals surface area contributed by atoms with Gasteiger partial charge in [-0.25, -0.2) is 0 Å². The predicted molar refractivity (Wildman–Crippen MR) is 133 cm³/mol. The summed E-state index contributed by atoms with van der Waals surface area (Å²) in [5.41, 5.74) is 3.34. The van der Waals surface area contributed by atoms with E-state index in [0.717, 1.165) is 17.5 Å². The Kier molecular flexibility index (Phi) is 6.92. The highest BCUT2D eigenvalue weighted by atomic mass is 32.2. The number of nitrogens with zero attached hydrogens (tertiary/aromatic N) is 2. The Morgan fingerprint density at radius 1 is 0.970 bits per heavy atom. The number of carbonyl (C=O) groups excluding carboxylic acids is 2. The third-order valence-corrected chi connectivity index (χ3v) is 6.67. The maximum Gasteiger partial charge on any atom is 0.269 e. The highest BCUT2D eigenvalue weighted by Gasteiger charge is 2.40. The first-order valence-corrected chi connectivity index (χ1v) is 11.6. The van der Waals surface area contributed by atoms with Gasteiger partial charge < -0.3 is 5.32 Å². The van der Waals surface area contributed by atoms with Crippen molar-refractivity contribution in [2.24, 2.45) is 0 Å². The second-order valence-corrected chi connectivity index (χ2v) is 8.79. The Bertz CT molecular complexity index is 1220. The fraction of sp³-hybridized carbons (Fsp3) is 0.148. The normalized spacial score (nSPS) is 16.9. The van der Waals surface area contributed by atoms with Gasteiger partial charge in [-0.2, -0.15) is 5.26 Å². The lowest BCUT2D eigenvalue weighted by Crippen LogP contribution is -2.30. The summed E-state index contributed by atoms with van der Waals surface area (Å²) >= 11 is 1.27. The molecule has 0 aromatic heterocycles. The van der Waals surface area contributed by atoms with Gasteiger partial charge in [-0.15, -0.1) is 0 Å². The summed E-state index contributed by atoms with van der Waals surface area (Å²) in [4.78, 5) is 28.0. The Morgan fingerprint density at radius 2 is 1.61 bits per heavy atom. The number of para-hydroxylation sites is 1. The molecule has 0 bridgehead atoms. The van der Waals surface area contributed by atoms with Crippen molar-refractivity contribution in [2.75, 3.05) is 10.2 Å². The lowest BCUT2D eigenvalue weighted by molar-refractivity contribution is -0.117. The van der Waals surface area contributed by atoms with Crippen LogP contribution in [0.4, 0.5) is 11.4 Å². The number of hydrogen-bond acceptors (Lipinski definition) is 4. The number of amides is 2. The number of nitriles is 1. The number of carbonyl (C=O) groups is 2. The Labute approximate surface area is 197 Å². The zero-order valence-electron chi connectivity index (χ0n) is 18.2. The van der Waals surface area contributed by atoms with E-state index in [2.05, 4.69) is 12.2 Å². The largest absolute Gasteiger partial charge is 0.321 e. The van der Waals surface area contributed by atoms with Gasteiger partial charge in [0.25, 0.3) is 5.91 Å². The van der Waals surface area contributed by atoms with Crippen LogP contribution in [0.5, 0.6) is 0 Å². The Morgan fingerprint density at radius 3 is 2.21 bits per heavy atom. The first-order valence-electron chi connectivity index (χ1n) is 10.7. The molecule has 1 fully saturated rings. The number of anilines is 2. The SMILES string of the molecule is CCc1ccc(NC(=O)C(C#N)=C2SC(Cc3ccccc3)C(=O)N2c2ccccc2)cc1. The van der Waals surface area contributed by atoms with Crippen molar-refractivity contribution in [1.82, 2.24) is 0 Å². The molecule has 33 heavy (non-hydrogen) atoms. The van der Waals surface area contributed by atoms with E-state index in [0.29, 0.717) is 22.8 Å². The molecule has 6 heteroatoms. The lowest BCUT2D eigenvalue weighted by Gasteiger charge is -2.18. The average molecular weight is 454 g/mol. The van der Waals surface area contributed by atoms with Gasteiger partial charge in [-0.05, 0) is 48.2 Å². The summed E-state index contributed by atoms with van der Waals surface area (Å²) in [6.07, 6.45) is 1.41. The van der Waals surface area contributed by atoms with E-state index in [1.165, 1.54) is 16.7 Å². The van der Waals surface area contributed by atoms with Crippen molar-refractivity contribution in [2.45, 2.75) is 25.0 Å². The minimum atomic E-state index is -0.529. The smallest absolute Gasteiger partial charge is 0.269 e. The Hall–Kier alpha value is -3.82. The van der Waals surface area contributed by atoms with E-state index in [1.807, 2.05) is 78.9 Å². The molecule has 0 radical (unpaired) electrons. The molecule has 4 rings (SSSR count). The van der Waals surface area contributed by atoms with Gasteiger partial charge in [0.1, 0.15) is 16.7 Å². The molecule has 1 saturated heterocycles. The second-order valence-electron chi connectivity index (χ2n) is 7.60. The van der Waals surface area contributed by atoms with Gasteiger partial charge in [0.15, 0.2) is 0 Å². The van der Waals surface area contributed by atoms with Crippen LogP contribution >= 0.6 is 11.8 Å². The third-order valence-electron chi connectivity index (χ3n) is 5.40. The van der Waals surface area contributed by atoms with Crippen molar-refractivity contribution in [3.63, 3.8) is 0 Å². The van der Waals surface area contributed by atoms with Gasteiger partial charge in [-0.3, -0.25) is 14.5 Å². The molecule has 1 atom stereocenters. The molecule has 1 N–H and O–H groups in total. The first-order chi connectivity index (χ1) is 16.1. The quantitative estimate of drug-likeness (QED) is 0.405. The molecule has 3 aromatic carbocycles. The van der Waals surface area contributed by atoms with Crippen molar-refractivity contribution in [3.05, 3.63) is 107 Å². The molecular formula is C27H23N3O2S. The van der Waals surface area contributed by atoms with Crippen LogP contribution in [0, 0.1) is 11.3 Å². The van der Waals surface area contributed by atoms with E-state index in [-0.39, 0.29) is 11.5 Å². The van der Waals surface area contributed by atoms with Crippen LogP contribution in [0.1, 0.15) is 18.1 Å². The van der Waals surface area contributed by atoms with Gasteiger partial charge in [-0.1, -0.05) is 79.3 Å². The molecule has 2 amide bonds. The van der Waals surface area contributed by atoms with Gasteiger partial charge >= 0.3 is 0 Å². The van der Waals surface area contributed by atoms with E-state index in [9.17, 15) is 14.9 Å². The van der Waals surface area contributed by atoms with Gasteiger partial charge in [0, 0.05) is 11.4 Å². The molecule has 1 heterocycles. The van der Waals surface area contributed by atoms with Crippen molar-refractivity contribution in [3.8, 4) is 6.07 Å². The molecule has 0 spiro atoms. The van der Waals surface area contributed by atoms with E-state index in [1.54, 1.807) is 12.1 Å². The number of benzene rings is 3. The topological polar surface area (TPSA) is 73.2 Å². The summed E-state index contributed by atoms with van der Waals surface area (Å²) < 4.78 is 0. The van der Waals surface area contributed by atoms with Crippen LogP contribution < -0.4 is 10.2 Å². The molecule has 1 aliphatic rings. The molecule has 3 aromatic rings. The summed E-state index contributed by atoms with van der Waals surface area (Å²) in [6, 6.07) is 28.4. The zero-order valence-corrected chi connectivity index (χ0v) is 19.0. The summed E-state index contributed by atoms with van der Waals surface area (Å²) in [6.45, 7) is 2.06. The highest BCUT2D eigenvalue weighted by molar-refractivity contribution is 8.05. The van der Waals surface area contributed by atoms with Crippen molar-refractivity contribution in [1.29, 1.82) is 5.26 Å². The highest BCUT2D eigenvalue weighted by Crippen LogP contribution is 2.42. The van der Waals surface area contributed by atoms with E-state index >= 15 is 0 Å². The van der Waals surface area contributed by atoms with Crippen molar-refractivity contribution < 1.29 is 9.59 Å². The number of hydrogen-bond donors (Lipinski definition) is 1. The molecule has 5 nitrogen and oxygen atoms in total. The molecular weight excluding hydrogens is 430 g/mol. The monoisotopic (exact) mass is 453 g/mol. The van der Waals surface area contributed by atoms with E-state index < -0.39 is 11.2 Å². The fourth-order valence-electron chi connectivity index (χ4n) is 3.64. The lowest BCUT2D eigenvalue weighted by atomic mass is 10.1. The summed E-state index contributed by atoms with van der Waals surface area (Å²) in [5, 5.41) is 12.7. The van der Waals surface area contributed by atoms with E-state index in [4.69, 9.17) is 0 Å². The third kappa shape index (κ3) is 5.00. The zero-order chi connectivity index (χ0) is 23.2. The number of aryl methyl sites for hydroxylation is 1. The van der Waals surface area contributed by atoms with Gasteiger partial charge in [0.2, 0.25) is 5.91 Å². The van der Waals surface area contributed by atoms with Crippen LogP contribution in [0.3, 0.4) is 0 Å². The van der Waals surface area contributed by atoms with Crippen LogP contribution in [0.25, 0.3) is 0 Å². The van der Waals surface area contributed by atoms with Crippen molar-refractivity contribution >= 4 is 35.0 Å². The second kappa shape index (κ2) is 10.2.